The average molecular weight is 325 g/mol. The SMILES string of the molecule is CCCCN(C(=O)OC(C)(C)C)[C@@H]1CC[C@H]2[C@H](C(=O)OCC)[C@H]21. The second-order valence-corrected chi connectivity index (χ2v) is 7.69. The summed E-state index contributed by atoms with van der Waals surface area (Å²) in [6.45, 7) is 10.7. The molecule has 0 radical (unpaired) electrons. The van der Waals surface area contributed by atoms with E-state index in [-0.39, 0.29) is 29.9 Å². The van der Waals surface area contributed by atoms with Crippen molar-refractivity contribution in [3.63, 3.8) is 0 Å². The Balaban J connectivity index is 2.04. The number of hydrogen-bond acceptors (Lipinski definition) is 4. The highest BCUT2D eigenvalue weighted by atomic mass is 16.6. The van der Waals surface area contributed by atoms with E-state index in [0.29, 0.717) is 19.1 Å². The van der Waals surface area contributed by atoms with E-state index < -0.39 is 5.60 Å². The Hall–Kier alpha value is -1.26. The molecule has 0 saturated heterocycles. The van der Waals surface area contributed by atoms with E-state index in [2.05, 4.69) is 6.92 Å². The lowest BCUT2D eigenvalue weighted by Gasteiger charge is -2.33. The van der Waals surface area contributed by atoms with Crippen LogP contribution < -0.4 is 0 Å². The van der Waals surface area contributed by atoms with Gasteiger partial charge in [0.2, 0.25) is 0 Å². The number of esters is 1. The fourth-order valence-electron chi connectivity index (χ4n) is 3.83. The highest BCUT2D eigenvalue weighted by Gasteiger charge is 2.64. The number of hydrogen-bond donors (Lipinski definition) is 0. The van der Waals surface area contributed by atoms with Gasteiger partial charge in [0.1, 0.15) is 5.60 Å². The number of fused-ring (bicyclic) bond motifs is 1. The van der Waals surface area contributed by atoms with E-state index in [1.807, 2.05) is 32.6 Å². The first-order valence-electron chi connectivity index (χ1n) is 8.96. The van der Waals surface area contributed by atoms with Gasteiger partial charge in [-0.05, 0) is 58.8 Å². The quantitative estimate of drug-likeness (QED) is 0.700. The molecule has 0 spiro atoms. The van der Waals surface area contributed by atoms with E-state index in [4.69, 9.17) is 9.47 Å². The monoisotopic (exact) mass is 325 g/mol. The first-order valence-corrected chi connectivity index (χ1v) is 8.96. The Bertz CT molecular complexity index is 443. The summed E-state index contributed by atoms with van der Waals surface area (Å²) in [6.07, 6.45) is 3.71. The van der Waals surface area contributed by atoms with Crippen LogP contribution in [0.4, 0.5) is 4.79 Å². The number of ether oxygens (including phenoxy) is 2. The van der Waals surface area contributed by atoms with Crippen molar-refractivity contribution in [2.24, 2.45) is 17.8 Å². The van der Waals surface area contributed by atoms with Gasteiger partial charge in [0.25, 0.3) is 0 Å². The maximum atomic E-state index is 12.6. The highest BCUT2D eigenvalue weighted by Crippen LogP contribution is 2.59. The first-order chi connectivity index (χ1) is 10.8. The molecular weight excluding hydrogens is 294 g/mol. The lowest BCUT2D eigenvalue weighted by Crippen LogP contribution is -2.44. The van der Waals surface area contributed by atoms with E-state index in [1.165, 1.54) is 0 Å². The topological polar surface area (TPSA) is 55.8 Å². The van der Waals surface area contributed by atoms with E-state index in [0.717, 1.165) is 25.7 Å². The molecule has 5 heteroatoms. The predicted octanol–water partition coefficient (Wildman–Crippen LogP) is 3.61. The standard InChI is InChI=1S/C18H31NO4/c1-6-8-11-19(17(21)23-18(3,4)5)13-10-9-12-14(13)15(12)16(20)22-7-2/h12-15H,6-11H2,1-5H3/t12-,13-,14-,15+/m1/s1. The summed E-state index contributed by atoms with van der Waals surface area (Å²) in [5, 5.41) is 0. The molecule has 2 saturated carbocycles. The van der Waals surface area contributed by atoms with E-state index in [1.54, 1.807) is 0 Å². The number of nitrogens with zero attached hydrogens (tertiary/aromatic N) is 1. The third-order valence-electron chi connectivity index (χ3n) is 4.81. The van der Waals surface area contributed by atoms with Gasteiger partial charge in [0.05, 0.1) is 12.5 Å². The highest BCUT2D eigenvalue weighted by molar-refractivity contribution is 5.77. The molecule has 4 atom stereocenters. The van der Waals surface area contributed by atoms with Gasteiger partial charge in [-0.2, -0.15) is 0 Å². The van der Waals surface area contributed by atoms with Gasteiger partial charge in [-0.3, -0.25) is 4.79 Å². The number of carbonyl (C=O) groups excluding carboxylic acids is 2. The molecule has 0 aromatic carbocycles. The van der Waals surface area contributed by atoms with Gasteiger partial charge in [-0.15, -0.1) is 0 Å². The van der Waals surface area contributed by atoms with Crippen LogP contribution in [-0.2, 0) is 14.3 Å². The van der Waals surface area contributed by atoms with Crippen LogP contribution in [0.3, 0.4) is 0 Å². The fraction of sp³-hybridized carbons (Fsp3) is 0.889. The van der Waals surface area contributed by atoms with Gasteiger partial charge >= 0.3 is 12.1 Å². The van der Waals surface area contributed by atoms with Crippen LogP contribution in [0.1, 0.15) is 60.3 Å². The molecule has 0 aliphatic heterocycles. The minimum atomic E-state index is -0.496. The summed E-state index contributed by atoms with van der Waals surface area (Å²) in [7, 11) is 0. The van der Waals surface area contributed by atoms with Crippen LogP contribution in [0.2, 0.25) is 0 Å². The molecule has 0 unspecified atom stereocenters. The third kappa shape index (κ3) is 4.18. The Morgan fingerprint density at radius 3 is 2.43 bits per heavy atom. The van der Waals surface area contributed by atoms with Gasteiger partial charge in [0, 0.05) is 12.6 Å². The molecular formula is C18H31NO4. The molecule has 1 amide bonds. The normalized spacial score (nSPS) is 28.9. The minimum absolute atomic E-state index is 0.0136. The molecule has 0 N–H and O–H groups in total. The van der Waals surface area contributed by atoms with Crippen molar-refractivity contribution in [1.29, 1.82) is 0 Å². The zero-order valence-electron chi connectivity index (χ0n) is 15.1. The van der Waals surface area contributed by atoms with Gasteiger partial charge < -0.3 is 14.4 Å². The van der Waals surface area contributed by atoms with Crippen molar-refractivity contribution in [3.8, 4) is 0 Å². The lowest BCUT2D eigenvalue weighted by atomic mass is 10.1. The van der Waals surface area contributed by atoms with Crippen LogP contribution in [0.15, 0.2) is 0 Å². The molecule has 0 aromatic rings. The number of amides is 1. The summed E-state index contributed by atoms with van der Waals surface area (Å²) < 4.78 is 10.8. The summed E-state index contributed by atoms with van der Waals surface area (Å²) in [5.41, 5.74) is -0.496. The number of unbranched alkanes of at least 4 members (excludes halogenated alkanes) is 1. The zero-order valence-corrected chi connectivity index (χ0v) is 15.1. The van der Waals surface area contributed by atoms with Crippen molar-refractivity contribution in [3.05, 3.63) is 0 Å². The summed E-state index contributed by atoms with van der Waals surface area (Å²) in [4.78, 5) is 26.5. The predicted molar refractivity (Wildman–Crippen MR) is 88.0 cm³/mol. The second-order valence-electron chi connectivity index (χ2n) is 7.69. The summed E-state index contributed by atoms with van der Waals surface area (Å²) >= 11 is 0. The fourth-order valence-corrected chi connectivity index (χ4v) is 3.83. The van der Waals surface area contributed by atoms with Crippen LogP contribution in [0, 0.1) is 17.8 Å². The van der Waals surface area contributed by atoms with E-state index in [9.17, 15) is 9.59 Å². The Morgan fingerprint density at radius 1 is 1.17 bits per heavy atom. The largest absolute Gasteiger partial charge is 0.466 e. The van der Waals surface area contributed by atoms with Crippen molar-refractivity contribution in [2.45, 2.75) is 71.9 Å². The van der Waals surface area contributed by atoms with Gasteiger partial charge in [0.15, 0.2) is 0 Å². The molecule has 2 rings (SSSR count). The van der Waals surface area contributed by atoms with Gasteiger partial charge in [-0.1, -0.05) is 13.3 Å². The zero-order chi connectivity index (χ0) is 17.2. The van der Waals surface area contributed by atoms with Gasteiger partial charge in [-0.25, -0.2) is 4.79 Å². The lowest BCUT2D eigenvalue weighted by molar-refractivity contribution is -0.145. The summed E-state index contributed by atoms with van der Waals surface area (Å²) in [6, 6.07) is 0.121. The van der Waals surface area contributed by atoms with Crippen molar-refractivity contribution < 1.29 is 19.1 Å². The Morgan fingerprint density at radius 2 is 1.87 bits per heavy atom. The maximum Gasteiger partial charge on any atom is 0.410 e. The second kappa shape index (κ2) is 7.10. The van der Waals surface area contributed by atoms with E-state index >= 15 is 0 Å². The minimum Gasteiger partial charge on any atom is -0.466 e. The maximum absolute atomic E-state index is 12.6. The molecule has 2 fully saturated rings. The van der Waals surface area contributed by atoms with Crippen molar-refractivity contribution in [2.75, 3.05) is 13.2 Å². The molecule has 2 aliphatic rings. The molecule has 0 bridgehead atoms. The molecule has 2 aliphatic carbocycles. The summed E-state index contributed by atoms with van der Waals surface area (Å²) in [5.74, 6) is 0.552. The third-order valence-corrected chi connectivity index (χ3v) is 4.81. The number of carbonyl (C=O) groups is 2. The average Bonchev–Trinajstić information content (AvgIpc) is 3.01. The molecule has 132 valence electrons. The van der Waals surface area contributed by atoms with Crippen LogP contribution in [-0.4, -0.2) is 41.8 Å². The first kappa shape index (κ1) is 18.1. The molecule has 0 aromatic heterocycles. The molecule has 5 nitrogen and oxygen atoms in total. The Labute approximate surface area is 139 Å². The Kier molecular flexibility index (Phi) is 5.58. The van der Waals surface area contributed by atoms with Crippen molar-refractivity contribution in [1.82, 2.24) is 4.90 Å². The smallest absolute Gasteiger partial charge is 0.410 e. The van der Waals surface area contributed by atoms with Crippen LogP contribution in [0.25, 0.3) is 0 Å². The van der Waals surface area contributed by atoms with Crippen LogP contribution >= 0.6 is 0 Å². The molecule has 0 heterocycles. The molecule has 23 heavy (non-hydrogen) atoms. The van der Waals surface area contributed by atoms with Crippen molar-refractivity contribution >= 4 is 12.1 Å². The van der Waals surface area contributed by atoms with Crippen LogP contribution in [0.5, 0.6) is 0 Å². The number of rotatable bonds is 6.